The molecule has 44 heavy (non-hydrogen) atoms. The van der Waals surface area contributed by atoms with Gasteiger partial charge < -0.3 is 10.1 Å². The van der Waals surface area contributed by atoms with Crippen molar-refractivity contribution in [2.45, 2.75) is 44.6 Å². The van der Waals surface area contributed by atoms with Gasteiger partial charge in [-0.05, 0) is 61.2 Å². The Morgan fingerprint density at radius 2 is 1.80 bits per heavy atom. The van der Waals surface area contributed by atoms with Crippen LogP contribution in [0.1, 0.15) is 40.9 Å². The lowest BCUT2D eigenvalue weighted by Gasteiger charge is -2.12. The minimum atomic E-state index is -4.83. The van der Waals surface area contributed by atoms with Crippen LogP contribution in [0, 0.1) is 10.1 Å². The van der Waals surface area contributed by atoms with E-state index >= 15 is 0 Å². The average Bonchev–Trinajstić information content (AvgIpc) is 3.41. The highest BCUT2D eigenvalue weighted by atomic mass is 32.1. The number of nitrogens with one attached hydrogen (secondary N) is 2. The summed E-state index contributed by atoms with van der Waals surface area (Å²) >= 11 is 1.12. The van der Waals surface area contributed by atoms with Crippen LogP contribution in [0.5, 0.6) is 5.75 Å². The van der Waals surface area contributed by atoms with Gasteiger partial charge in [0.05, 0.1) is 17.8 Å². The number of alkyl halides is 3. The molecule has 230 valence electrons. The molecule has 0 saturated carbocycles. The summed E-state index contributed by atoms with van der Waals surface area (Å²) in [4.78, 5) is 44.2. The Hall–Kier alpha value is -5.26. The zero-order chi connectivity index (χ0) is 31.5. The zero-order valence-corrected chi connectivity index (χ0v) is 23.4. The van der Waals surface area contributed by atoms with Crippen LogP contribution in [0.2, 0.25) is 0 Å². The maximum Gasteiger partial charge on any atom is 0.573 e. The first-order chi connectivity index (χ1) is 21.0. The van der Waals surface area contributed by atoms with E-state index in [1.54, 1.807) is 24.3 Å². The van der Waals surface area contributed by atoms with Gasteiger partial charge in [-0.1, -0.05) is 29.5 Å². The molecule has 0 saturated heterocycles. The number of carbonyl (C=O) groups is 2. The van der Waals surface area contributed by atoms with E-state index in [4.69, 9.17) is 0 Å². The van der Waals surface area contributed by atoms with Crippen molar-refractivity contribution >= 4 is 34.1 Å². The maximum atomic E-state index is 12.6. The molecule has 4 aromatic rings. The molecule has 0 aliphatic heterocycles. The summed E-state index contributed by atoms with van der Waals surface area (Å²) in [5, 5.41) is 31.6. The Labute approximate surface area is 250 Å². The van der Waals surface area contributed by atoms with Crippen LogP contribution in [-0.2, 0) is 33.7 Å². The number of ether oxygens (including phenoxy) is 1. The van der Waals surface area contributed by atoms with E-state index in [0.29, 0.717) is 35.5 Å². The van der Waals surface area contributed by atoms with Gasteiger partial charge in [0.1, 0.15) is 10.8 Å². The Morgan fingerprint density at radius 3 is 2.50 bits per heavy atom. The third kappa shape index (κ3) is 10.2. The van der Waals surface area contributed by atoms with E-state index in [1.165, 1.54) is 24.4 Å². The van der Waals surface area contributed by atoms with Crippen molar-refractivity contribution < 1.29 is 37.4 Å². The van der Waals surface area contributed by atoms with Crippen molar-refractivity contribution in [3.8, 4) is 5.75 Å². The standard InChI is InChI=1S/C26H23F3N8O6S/c27-26(28,29)42-18-8-5-6-16(14-18)15-21(38)31-20-12-11-17(33-34-20)7-1-2-10-22-35-36-25(44-22)32-24(39)23(43-37(40)41)19-9-3-4-13-30-19/h3-6,8-9,11-14,23H,1-2,7,10,15H2,(H,31,34,38)(H,32,36,39). The van der Waals surface area contributed by atoms with Gasteiger partial charge in [-0.3, -0.25) is 24.7 Å². The summed E-state index contributed by atoms with van der Waals surface area (Å²) in [7, 11) is 0. The van der Waals surface area contributed by atoms with Crippen LogP contribution in [0.25, 0.3) is 0 Å². The van der Waals surface area contributed by atoms with Crippen LogP contribution in [0.15, 0.2) is 60.8 Å². The second-order valence-electron chi connectivity index (χ2n) is 8.99. The Bertz CT molecular complexity index is 1570. The van der Waals surface area contributed by atoms with Gasteiger partial charge in [0, 0.05) is 12.6 Å². The number of pyridine rings is 1. The molecule has 4 rings (SSSR count). The number of carbonyl (C=O) groups excluding carboxylic acids is 2. The summed E-state index contributed by atoms with van der Waals surface area (Å²) < 4.78 is 41.1. The van der Waals surface area contributed by atoms with Crippen molar-refractivity contribution in [3.63, 3.8) is 0 Å². The number of benzene rings is 1. The summed E-state index contributed by atoms with van der Waals surface area (Å²) in [6.07, 6.45) is -2.64. The van der Waals surface area contributed by atoms with Gasteiger partial charge in [-0.25, -0.2) is 0 Å². The molecule has 0 aliphatic carbocycles. The minimum absolute atomic E-state index is 0.0640. The number of halogens is 3. The lowest BCUT2D eigenvalue weighted by Crippen LogP contribution is -2.26. The van der Waals surface area contributed by atoms with Gasteiger partial charge in [-0.15, -0.1) is 38.6 Å². The van der Waals surface area contributed by atoms with Crippen LogP contribution in [0.3, 0.4) is 0 Å². The molecule has 3 heterocycles. The van der Waals surface area contributed by atoms with Crippen LogP contribution in [-0.4, -0.2) is 48.6 Å². The van der Waals surface area contributed by atoms with Crippen molar-refractivity contribution in [2.24, 2.45) is 0 Å². The third-order valence-corrected chi connectivity index (χ3v) is 6.54. The number of rotatable bonds is 14. The van der Waals surface area contributed by atoms with Gasteiger partial charge in [0.25, 0.3) is 11.0 Å². The van der Waals surface area contributed by atoms with Gasteiger partial charge >= 0.3 is 6.36 Å². The lowest BCUT2D eigenvalue weighted by molar-refractivity contribution is -0.766. The predicted octanol–water partition coefficient (Wildman–Crippen LogP) is 4.26. The number of hydrogen-bond acceptors (Lipinski definition) is 12. The summed E-state index contributed by atoms with van der Waals surface area (Å²) in [5.41, 5.74) is 1.07. The first-order valence-electron chi connectivity index (χ1n) is 12.9. The van der Waals surface area contributed by atoms with E-state index in [1.807, 2.05) is 0 Å². The number of nitrogens with zero attached hydrogens (tertiary/aromatic N) is 6. The highest BCUT2D eigenvalue weighted by molar-refractivity contribution is 7.15. The second-order valence-corrected chi connectivity index (χ2v) is 10.1. The summed E-state index contributed by atoms with van der Waals surface area (Å²) in [6.45, 7) is 0. The van der Waals surface area contributed by atoms with Crippen LogP contribution >= 0.6 is 11.3 Å². The molecule has 18 heteroatoms. The van der Waals surface area contributed by atoms with Crippen molar-refractivity contribution in [3.05, 3.63) is 92.9 Å². The number of amides is 2. The smallest absolute Gasteiger partial charge is 0.406 e. The molecule has 1 unspecified atom stereocenters. The monoisotopic (exact) mass is 632 g/mol. The minimum Gasteiger partial charge on any atom is -0.406 e. The van der Waals surface area contributed by atoms with E-state index < -0.39 is 35.1 Å². The SMILES string of the molecule is O=C(Cc1cccc(OC(F)(F)F)c1)Nc1ccc(CCCCc2nnc(NC(=O)C(O[N+](=O)[O-])c3ccccn3)s2)nn1. The molecule has 2 amide bonds. The molecular formula is C26H23F3N8O6S. The lowest BCUT2D eigenvalue weighted by atomic mass is 10.1. The van der Waals surface area contributed by atoms with Crippen molar-refractivity contribution in [1.29, 1.82) is 0 Å². The molecular weight excluding hydrogens is 609 g/mol. The molecule has 0 aliphatic rings. The molecule has 0 radical (unpaired) electrons. The maximum absolute atomic E-state index is 12.6. The first kappa shape index (κ1) is 31.7. The molecule has 1 aromatic carbocycles. The first-order valence-corrected chi connectivity index (χ1v) is 13.7. The quantitative estimate of drug-likeness (QED) is 0.115. The topological polar surface area (TPSA) is 184 Å². The number of unbranched alkanes of at least 4 members (excludes halogenated alkanes) is 1. The fourth-order valence-corrected chi connectivity index (χ4v) is 4.58. The van der Waals surface area contributed by atoms with Gasteiger partial charge in [-0.2, -0.15) is 5.10 Å². The Kier molecular flexibility index (Phi) is 10.6. The largest absolute Gasteiger partial charge is 0.573 e. The van der Waals surface area contributed by atoms with E-state index in [0.717, 1.165) is 29.9 Å². The predicted molar refractivity (Wildman–Crippen MR) is 148 cm³/mol. The normalized spacial score (nSPS) is 11.8. The fourth-order valence-electron chi connectivity index (χ4n) is 3.80. The molecule has 0 fully saturated rings. The van der Waals surface area contributed by atoms with Crippen LogP contribution < -0.4 is 15.4 Å². The molecule has 14 nitrogen and oxygen atoms in total. The third-order valence-electron chi connectivity index (χ3n) is 5.64. The van der Waals surface area contributed by atoms with Crippen LogP contribution in [0.4, 0.5) is 24.1 Å². The highest BCUT2D eigenvalue weighted by Crippen LogP contribution is 2.24. The summed E-state index contributed by atoms with van der Waals surface area (Å²) in [6, 6.07) is 13.0. The Balaban J connectivity index is 1.19. The number of aryl methyl sites for hydroxylation is 2. The molecule has 0 spiro atoms. The Morgan fingerprint density at radius 1 is 0.977 bits per heavy atom. The van der Waals surface area contributed by atoms with E-state index in [-0.39, 0.29) is 23.1 Å². The summed E-state index contributed by atoms with van der Waals surface area (Å²) in [5.74, 6) is -1.52. The van der Waals surface area contributed by atoms with Crippen molar-refractivity contribution in [2.75, 3.05) is 10.6 Å². The molecule has 3 aromatic heterocycles. The van der Waals surface area contributed by atoms with Gasteiger partial charge in [0.2, 0.25) is 17.1 Å². The number of hydrogen-bond donors (Lipinski definition) is 2. The zero-order valence-electron chi connectivity index (χ0n) is 22.6. The molecule has 0 bridgehead atoms. The fraction of sp³-hybridized carbons (Fsp3) is 0.269. The highest BCUT2D eigenvalue weighted by Gasteiger charge is 2.31. The average molecular weight is 633 g/mol. The number of anilines is 2. The van der Waals surface area contributed by atoms with E-state index in [9.17, 15) is 32.9 Å². The number of aromatic nitrogens is 5. The molecule has 2 N–H and O–H groups in total. The van der Waals surface area contributed by atoms with Crippen molar-refractivity contribution in [1.82, 2.24) is 25.4 Å². The van der Waals surface area contributed by atoms with E-state index in [2.05, 4.69) is 45.6 Å². The molecule has 1 atom stereocenters. The second kappa shape index (κ2) is 14.8. The van der Waals surface area contributed by atoms with Gasteiger partial charge in [0.15, 0.2) is 5.82 Å².